The van der Waals surface area contributed by atoms with Crippen LogP contribution in [-0.4, -0.2) is 42.6 Å². The van der Waals surface area contributed by atoms with Gasteiger partial charge in [0, 0.05) is 20.2 Å². The number of nitrogens with zero attached hydrogens (tertiary/aromatic N) is 1. The van der Waals surface area contributed by atoms with Crippen molar-refractivity contribution in [2.75, 3.05) is 20.2 Å². The summed E-state index contributed by atoms with van der Waals surface area (Å²) in [6.45, 7) is 4.90. The van der Waals surface area contributed by atoms with Crippen LogP contribution >= 0.6 is 12.4 Å². The van der Waals surface area contributed by atoms with E-state index in [1.54, 1.807) is 25.9 Å². The molecule has 5 heteroatoms. The van der Waals surface area contributed by atoms with Gasteiger partial charge in [0.1, 0.15) is 0 Å². The molecule has 0 aromatic carbocycles. The van der Waals surface area contributed by atoms with Crippen LogP contribution in [0.3, 0.4) is 0 Å². The van der Waals surface area contributed by atoms with Crippen molar-refractivity contribution in [3.8, 4) is 0 Å². The van der Waals surface area contributed by atoms with Crippen LogP contribution in [0.5, 0.6) is 0 Å². The average Bonchev–Trinajstić information content (AvgIpc) is 2.48. The highest BCUT2D eigenvalue weighted by Gasteiger charge is 2.32. The molecular weight excluding hydrogens is 204 g/mol. The lowest BCUT2D eigenvalue weighted by Crippen LogP contribution is -2.50. The number of nitrogens with two attached hydrogens (primary N) is 1. The zero-order chi connectivity index (χ0) is 10.1. The molecule has 1 atom stereocenters. The van der Waals surface area contributed by atoms with Crippen molar-refractivity contribution in [1.29, 1.82) is 0 Å². The second-order valence-electron chi connectivity index (χ2n) is 4.12. The van der Waals surface area contributed by atoms with Crippen molar-refractivity contribution >= 4 is 18.3 Å². The van der Waals surface area contributed by atoms with Crippen LogP contribution in [0, 0.1) is 0 Å². The molecular formula is C9H19ClN2O2. The Labute approximate surface area is 91.2 Å². The number of carbonyl (C=O) groups excluding carboxylic acids is 1. The first-order chi connectivity index (χ1) is 5.95. The van der Waals surface area contributed by atoms with Gasteiger partial charge in [-0.2, -0.15) is 0 Å². The Kier molecular flexibility index (Phi) is 4.84. The normalized spacial score (nSPS) is 22.0. The van der Waals surface area contributed by atoms with Crippen LogP contribution in [0.4, 0.5) is 0 Å². The second kappa shape index (κ2) is 4.96. The van der Waals surface area contributed by atoms with Gasteiger partial charge in [-0.05, 0) is 20.3 Å². The van der Waals surface area contributed by atoms with Gasteiger partial charge >= 0.3 is 0 Å². The molecule has 0 radical (unpaired) electrons. The molecule has 0 aromatic heterocycles. The number of carbonyl (C=O) groups is 1. The summed E-state index contributed by atoms with van der Waals surface area (Å²) in [7, 11) is 1.67. The molecule has 0 spiro atoms. The fourth-order valence-corrected chi connectivity index (χ4v) is 1.51. The topological polar surface area (TPSA) is 55.6 Å². The first kappa shape index (κ1) is 13.7. The van der Waals surface area contributed by atoms with E-state index in [4.69, 9.17) is 10.5 Å². The van der Waals surface area contributed by atoms with E-state index in [-0.39, 0.29) is 24.4 Å². The molecule has 1 saturated heterocycles. The van der Waals surface area contributed by atoms with E-state index < -0.39 is 5.54 Å². The van der Waals surface area contributed by atoms with Crippen LogP contribution in [0.1, 0.15) is 20.3 Å². The van der Waals surface area contributed by atoms with Gasteiger partial charge in [-0.15, -0.1) is 12.4 Å². The van der Waals surface area contributed by atoms with Crippen molar-refractivity contribution in [2.45, 2.75) is 31.9 Å². The lowest BCUT2D eigenvalue weighted by molar-refractivity contribution is -0.135. The smallest absolute Gasteiger partial charge is 0.242 e. The summed E-state index contributed by atoms with van der Waals surface area (Å²) in [5.74, 6) is 0.00653. The van der Waals surface area contributed by atoms with Crippen molar-refractivity contribution in [2.24, 2.45) is 5.73 Å². The molecule has 1 heterocycles. The highest BCUT2D eigenvalue weighted by molar-refractivity contribution is 5.85. The van der Waals surface area contributed by atoms with Gasteiger partial charge in [0.25, 0.3) is 0 Å². The van der Waals surface area contributed by atoms with E-state index in [1.807, 2.05) is 0 Å². The number of amides is 1. The van der Waals surface area contributed by atoms with Crippen molar-refractivity contribution in [1.82, 2.24) is 4.90 Å². The van der Waals surface area contributed by atoms with Gasteiger partial charge in [0.15, 0.2) is 0 Å². The number of ether oxygens (including phenoxy) is 1. The Morgan fingerprint density at radius 1 is 1.57 bits per heavy atom. The molecule has 1 rings (SSSR count). The number of hydrogen-bond acceptors (Lipinski definition) is 3. The zero-order valence-corrected chi connectivity index (χ0v) is 9.76. The van der Waals surface area contributed by atoms with E-state index in [2.05, 4.69) is 0 Å². The number of hydrogen-bond donors (Lipinski definition) is 1. The Morgan fingerprint density at radius 2 is 2.14 bits per heavy atom. The van der Waals surface area contributed by atoms with Crippen LogP contribution in [0.25, 0.3) is 0 Å². The first-order valence-corrected chi connectivity index (χ1v) is 4.56. The van der Waals surface area contributed by atoms with Gasteiger partial charge in [-0.25, -0.2) is 0 Å². The maximum Gasteiger partial charge on any atom is 0.242 e. The van der Waals surface area contributed by atoms with Gasteiger partial charge in [-0.3, -0.25) is 4.79 Å². The highest BCUT2D eigenvalue weighted by Crippen LogP contribution is 2.15. The van der Waals surface area contributed by atoms with Crippen molar-refractivity contribution in [3.63, 3.8) is 0 Å². The molecule has 0 saturated carbocycles. The Hall–Kier alpha value is -0.320. The van der Waals surface area contributed by atoms with E-state index >= 15 is 0 Å². The van der Waals surface area contributed by atoms with Crippen LogP contribution in [0.2, 0.25) is 0 Å². The minimum Gasteiger partial charge on any atom is -0.380 e. The van der Waals surface area contributed by atoms with Gasteiger partial charge < -0.3 is 15.4 Å². The third-order valence-electron chi connectivity index (χ3n) is 2.32. The third-order valence-corrected chi connectivity index (χ3v) is 2.32. The van der Waals surface area contributed by atoms with Crippen molar-refractivity contribution in [3.05, 3.63) is 0 Å². The molecule has 1 fully saturated rings. The predicted octanol–water partition coefficient (Wildman–Crippen LogP) is 0.393. The van der Waals surface area contributed by atoms with Crippen LogP contribution < -0.4 is 5.73 Å². The van der Waals surface area contributed by atoms with Gasteiger partial charge in [0.05, 0.1) is 11.6 Å². The summed E-state index contributed by atoms with van der Waals surface area (Å²) in [5.41, 5.74) is 4.95. The van der Waals surface area contributed by atoms with E-state index in [0.717, 1.165) is 13.0 Å². The maximum absolute atomic E-state index is 11.7. The number of methoxy groups -OCH3 is 1. The quantitative estimate of drug-likeness (QED) is 0.736. The summed E-state index contributed by atoms with van der Waals surface area (Å²) < 4.78 is 5.17. The average molecular weight is 223 g/mol. The monoisotopic (exact) mass is 222 g/mol. The minimum atomic E-state index is -0.761. The molecule has 1 aliphatic heterocycles. The summed E-state index contributed by atoms with van der Waals surface area (Å²) in [5, 5.41) is 0. The number of likely N-dealkylation sites (tertiary alicyclic amines) is 1. The standard InChI is InChI=1S/C9H18N2O2.ClH/c1-9(2,10)8(12)11-5-4-7(6-11)13-3;/h7H,4-6,10H2,1-3H3;1H/t7-;/m0./s1. The molecule has 0 aromatic rings. The molecule has 84 valence electrons. The van der Waals surface area contributed by atoms with Gasteiger partial charge in [0.2, 0.25) is 5.91 Å². The molecule has 0 unspecified atom stereocenters. The summed E-state index contributed by atoms with van der Waals surface area (Å²) in [6.07, 6.45) is 1.10. The predicted molar refractivity (Wildman–Crippen MR) is 57.5 cm³/mol. The number of rotatable bonds is 2. The maximum atomic E-state index is 11.7. The summed E-state index contributed by atoms with van der Waals surface area (Å²) >= 11 is 0. The SMILES string of the molecule is CO[C@H]1CCN(C(=O)C(C)(C)N)C1.Cl. The van der Waals surface area contributed by atoms with E-state index in [0.29, 0.717) is 6.54 Å². The fraction of sp³-hybridized carbons (Fsp3) is 0.889. The lowest BCUT2D eigenvalue weighted by atomic mass is 10.1. The van der Waals surface area contributed by atoms with Crippen LogP contribution in [0.15, 0.2) is 0 Å². The van der Waals surface area contributed by atoms with E-state index in [9.17, 15) is 4.79 Å². The van der Waals surface area contributed by atoms with E-state index in [1.165, 1.54) is 0 Å². The largest absolute Gasteiger partial charge is 0.380 e. The molecule has 2 N–H and O–H groups in total. The lowest BCUT2D eigenvalue weighted by Gasteiger charge is -2.25. The summed E-state index contributed by atoms with van der Waals surface area (Å²) in [6, 6.07) is 0. The zero-order valence-electron chi connectivity index (χ0n) is 8.95. The Morgan fingerprint density at radius 3 is 2.50 bits per heavy atom. The minimum absolute atomic E-state index is 0. The molecule has 1 amide bonds. The summed E-state index contributed by atoms with van der Waals surface area (Å²) in [4.78, 5) is 13.4. The van der Waals surface area contributed by atoms with Gasteiger partial charge in [-0.1, -0.05) is 0 Å². The Balaban J connectivity index is 0.00000169. The highest BCUT2D eigenvalue weighted by atomic mass is 35.5. The molecule has 0 bridgehead atoms. The molecule has 0 aliphatic carbocycles. The second-order valence-corrected chi connectivity index (χ2v) is 4.12. The third kappa shape index (κ3) is 3.12. The van der Waals surface area contributed by atoms with Crippen molar-refractivity contribution < 1.29 is 9.53 Å². The number of halogens is 1. The molecule has 1 aliphatic rings. The Bertz CT molecular complexity index is 203. The molecule has 4 nitrogen and oxygen atoms in total. The first-order valence-electron chi connectivity index (χ1n) is 4.56. The molecule has 14 heavy (non-hydrogen) atoms. The van der Waals surface area contributed by atoms with Crippen LogP contribution in [-0.2, 0) is 9.53 Å². The fourth-order valence-electron chi connectivity index (χ4n) is 1.51.